The summed E-state index contributed by atoms with van der Waals surface area (Å²) in [5.74, 6) is 0. The van der Waals surface area contributed by atoms with E-state index in [0.29, 0.717) is 12.2 Å². The van der Waals surface area contributed by atoms with Gasteiger partial charge in [-0.3, -0.25) is 15.1 Å². The lowest BCUT2D eigenvalue weighted by molar-refractivity contribution is -0.384. The highest BCUT2D eigenvalue weighted by Crippen LogP contribution is 2.23. The highest BCUT2D eigenvalue weighted by atomic mass is 16.6. The van der Waals surface area contributed by atoms with Crippen molar-refractivity contribution in [1.29, 1.82) is 0 Å². The van der Waals surface area contributed by atoms with Crippen LogP contribution in [0.2, 0.25) is 0 Å². The topological polar surface area (TPSA) is 88.3 Å². The van der Waals surface area contributed by atoms with Crippen LogP contribution >= 0.6 is 0 Å². The second-order valence-electron chi connectivity index (χ2n) is 4.33. The fourth-order valence-electron chi connectivity index (χ4n) is 1.07. The molecular formula is C10H15N3O3. The molecule has 0 saturated carbocycles. The molecule has 0 spiro atoms. The molecule has 0 amide bonds. The first kappa shape index (κ1) is 12.4. The molecule has 1 heterocycles. The van der Waals surface area contributed by atoms with E-state index >= 15 is 0 Å². The van der Waals surface area contributed by atoms with Gasteiger partial charge in [-0.2, -0.15) is 0 Å². The number of aliphatic hydroxyl groups excluding tert-OH is 1. The zero-order chi connectivity index (χ0) is 12.2. The monoisotopic (exact) mass is 225 g/mol. The molecule has 0 aliphatic rings. The molecule has 1 rings (SSSR count). The van der Waals surface area contributed by atoms with E-state index in [0.717, 1.165) is 0 Å². The smallest absolute Gasteiger partial charge is 0.310 e. The predicted octanol–water partition coefficient (Wildman–Crippen LogP) is 1.42. The fourth-order valence-corrected chi connectivity index (χ4v) is 1.07. The fraction of sp³-hybridized carbons (Fsp3) is 0.500. The molecule has 1 aromatic heterocycles. The van der Waals surface area contributed by atoms with Crippen molar-refractivity contribution in [1.82, 2.24) is 4.98 Å². The van der Waals surface area contributed by atoms with Crippen molar-refractivity contribution in [2.24, 2.45) is 5.41 Å². The summed E-state index contributed by atoms with van der Waals surface area (Å²) in [7, 11) is 0. The lowest BCUT2D eigenvalue weighted by atomic mass is 9.95. The van der Waals surface area contributed by atoms with Crippen molar-refractivity contribution in [3.05, 3.63) is 28.6 Å². The number of hydrogen-bond acceptors (Lipinski definition) is 5. The van der Waals surface area contributed by atoms with Gasteiger partial charge in [0.05, 0.1) is 4.92 Å². The van der Waals surface area contributed by atoms with Crippen LogP contribution in [-0.4, -0.2) is 28.2 Å². The second kappa shape index (κ2) is 4.89. The summed E-state index contributed by atoms with van der Waals surface area (Å²) in [4.78, 5) is 13.9. The Hall–Kier alpha value is -1.69. The van der Waals surface area contributed by atoms with Crippen LogP contribution in [0.15, 0.2) is 18.5 Å². The van der Waals surface area contributed by atoms with Gasteiger partial charge in [-0.15, -0.1) is 0 Å². The van der Waals surface area contributed by atoms with Gasteiger partial charge in [0.25, 0.3) is 0 Å². The van der Waals surface area contributed by atoms with Crippen molar-refractivity contribution in [3.8, 4) is 0 Å². The normalized spacial score (nSPS) is 11.2. The van der Waals surface area contributed by atoms with E-state index in [1.807, 2.05) is 13.8 Å². The molecular weight excluding hydrogens is 210 g/mol. The van der Waals surface area contributed by atoms with Gasteiger partial charge in [-0.1, -0.05) is 13.8 Å². The van der Waals surface area contributed by atoms with Gasteiger partial charge in [-0.25, -0.2) is 0 Å². The van der Waals surface area contributed by atoms with Crippen molar-refractivity contribution < 1.29 is 10.0 Å². The molecule has 0 atom stereocenters. The van der Waals surface area contributed by atoms with Crippen LogP contribution in [0.25, 0.3) is 0 Å². The third kappa shape index (κ3) is 3.16. The summed E-state index contributed by atoms with van der Waals surface area (Å²) < 4.78 is 0. The number of hydrogen-bond donors (Lipinski definition) is 2. The Kier molecular flexibility index (Phi) is 3.78. The van der Waals surface area contributed by atoms with Crippen molar-refractivity contribution in [3.63, 3.8) is 0 Å². The van der Waals surface area contributed by atoms with Crippen molar-refractivity contribution in [2.45, 2.75) is 13.8 Å². The number of anilines is 1. The molecule has 0 aliphatic carbocycles. The number of nitrogens with zero attached hydrogens (tertiary/aromatic N) is 2. The number of pyridine rings is 1. The van der Waals surface area contributed by atoms with Gasteiger partial charge in [0.1, 0.15) is 11.9 Å². The van der Waals surface area contributed by atoms with Crippen LogP contribution in [-0.2, 0) is 0 Å². The summed E-state index contributed by atoms with van der Waals surface area (Å²) in [6.07, 6.45) is 2.69. The first-order valence-corrected chi connectivity index (χ1v) is 4.89. The van der Waals surface area contributed by atoms with E-state index in [1.165, 1.54) is 12.4 Å². The maximum atomic E-state index is 10.7. The Morgan fingerprint density at radius 3 is 2.88 bits per heavy atom. The number of nitrogens with one attached hydrogen (secondary N) is 1. The Morgan fingerprint density at radius 2 is 2.31 bits per heavy atom. The van der Waals surface area contributed by atoms with Crippen LogP contribution in [0.3, 0.4) is 0 Å². The van der Waals surface area contributed by atoms with Crippen LogP contribution in [0, 0.1) is 15.5 Å². The number of aliphatic hydroxyl groups is 1. The zero-order valence-electron chi connectivity index (χ0n) is 9.30. The highest BCUT2D eigenvalue weighted by Gasteiger charge is 2.19. The molecule has 0 aromatic carbocycles. The Balaban J connectivity index is 2.78. The standard InChI is InChI=1S/C10H15N3O3/c1-10(2,7-14)6-12-8-3-4-11-5-9(8)13(15)16/h3-5,14H,6-7H2,1-2H3,(H,11,12). The molecule has 0 bridgehead atoms. The van der Waals surface area contributed by atoms with Gasteiger partial charge >= 0.3 is 5.69 Å². The van der Waals surface area contributed by atoms with E-state index in [4.69, 9.17) is 5.11 Å². The Morgan fingerprint density at radius 1 is 1.62 bits per heavy atom. The molecule has 0 fully saturated rings. The molecule has 2 N–H and O–H groups in total. The van der Waals surface area contributed by atoms with E-state index in [1.54, 1.807) is 6.07 Å². The zero-order valence-corrected chi connectivity index (χ0v) is 9.30. The van der Waals surface area contributed by atoms with Gasteiger partial charge < -0.3 is 10.4 Å². The predicted molar refractivity (Wildman–Crippen MR) is 60.2 cm³/mol. The molecule has 88 valence electrons. The lowest BCUT2D eigenvalue weighted by Gasteiger charge is -2.22. The minimum Gasteiger partial charge on any atom is -0.396 e. The van der Waals surface area contributed by atoms with Crippen molar-refractivity contribution >= 4 is 11.4 Å². The van der Waals surface area contributed by atoms with Crippen molar-refractivity contribution in [2.75, 3.05) is 18.5 Å². The van der Waals surface area contributed by atoms with Crippen LogP contribution in [0.4, 0.5) is 11.4 Å². The van der Waals surface area contributed by atoms with Crippen LogP contribution < -0.4 is 5.32 Å². The second-order valence-corrected chi connectivity index (χ2v) is 4.33. The molecule has 6 heteroatoms. The van der Waals surface area contributed by atoms with Gasteiger partial charge in [0.2, 0.25) is 0 Å². The maximum Gasteiger partial charge on any atom is 0.310 e. The van der Waals surface area contributed by atoms with Crippen LogP contribution in [0.5, 0.6) is 0 Å². The van der Waals surface area contributed by atoms with Gasteiger partial charge in [-0.05, 0) is 6.07 Å². The Labute approximate surface area is 93.5 Å². The third-order valence-electron chi connectivity index (χ3n) is 2.18. The largest absolute Gasteiger partial charge is 0.396 e. The molecule has 0 unspecified atom stereocenters. The molecule has 6 nitrogen and oxygen atoms in total. The minimum atomic E-state index is -0.485. The Bertz CT molecular complexity index is 379. The number of aromatic nitrogens is 1. The molecule has 16 heavy (non-hydrogen) atoms. The van der Waals surface area contributed by atoms with E-state index in [2.05, 4.69) is 10.3 Å². The average Bonchev–Trinajstić information content (AvgIpc) is 2.27. The molecule has 0 saturated heterocycles. The van der Waals surface area contributed by atoms with E-state index < -0.39 is 4.92 Å². The number of rotatable bonds is 5. The molecule has 1 aromatic rings. The summed E-state index contributed by atoms with van der Waals surface area (Å²) >= 11 is 0. The third-order valence-corrected chi connectivity index (χ3v) is 2.18. The summed E-state index contributed by atoms with van der Waals surface area (Å²) in [5.41, 5.74) is 0.0368. The quantitative estimate of drug-likeness (QED) is 0.584. The van der Waals surface area contributed by atoms with Crippen LogP contribution in [0.1, 0.15) is 13.8 Å². The first-order chi connectivity index (χ1) is 7.46. The lowest BCUT2D eigenvalue weighted by Crippen LogP contribution is -2.27. The summed E-state index contributed by atoms with van der Waals surface area (Å²) in [5, 5.41) is 22.7. The van der Waals surface area contributed by atoms with E-state index in [-0.39, 0.29) is 17.7 Å². The minimum absolute atomic E-state index is 0.0128. The van der Waals surface area contributed by atoms with E-state index in [9.17, 15) is 10.1 Å². The molecule has 0 radical (unpaired) electrons. The summed E-state index contributed by atoms with van der Waals surface area (Å²) in [6, 6.07) is 1.55. The highest BCUT2D eigenvalue weighted by molar-refractivity contribution is 5.59. The average molecular weight is 225 g/mol. The first-order valence-electron chi connectivity index (χ1n) is 4.89. The van der Waals surface area contributed by atoms with Gasteiger partial charge in [0.15, 0.2) is 0 Å². The SMILES string of the molecule is CC(C)(CO)CNc1ccncc1[N+](=O)[O-]. The number of nitro groups is 1. The maximum absolute atomic E-state index is 10.7. The summed E-state index contributed by atoms with van der Waals surface area (Å²) in [6.45, 7) is 4.20. The molecule has 0 aliphatic heterocycles. The van der Waals surface area contributed by atoms with Gasteiger partial charge in [0, 0.05) is 24.8 Å².